The number of nitrogens with zero attached hydrogens (tertiary/aromatic N) is 2. The van der Waals surface area contributed by atoms with Crippen molar-refractivity contribution in [2.45, 2.75) is 0 Å². The third-order valence-electron chi connectivity index (χ3n) is 1.89. The molecule has 0 aliphatic rings. The van der Waals surface area contributed by atoms with Gasteiger partial charge in [0.25, 0.3) is 0 Å². The first-order chi connectivity index (χ1) is 7.15. The van der Waals surface area contributed by atoms with Crippen LogP contribution < -0.4 is 0 Å². The molecule has 0 atom stereocenters. The van der Waals surface area contributed by atoms with Crippen LogP contribution in [0.2, 0.25) is 0 Å². The van der Waals surface area contributed by atoms with Crippen LogP contribution in [0.3, 0.4) is 0 Å². The highest BCUT2D eigenvalue weighted by atomic mass is 32.1. The zero-order valence-electron chi connectivity index (χ0n) is 7.26. The Kier molecular flexibility index (Phi) is 2.02. The van der Waals surface area contributed by atoms with E-state index in [2.05, 4.69) is 4.98 Å². The van der Waals surface area contributed by atoms with Gasteiger partial charge in [0.15, 0.2) is 17.1 Å². The maximum atomic E-state index is 10.7. The van der Waals surface area contributed by atoms with Crippen LogP contribution in [-0.2, 0) is 0 Å². The molecule has 2 aromatic heterocycles. The molecule has 2 aromatic rings. The van der Waals surface area contributed by atoms with Crippen LogP contribution in [0.5, 0.6) is 5.75 Å². The van der Waals surface area contributed by atoms with E-state index < -0.39 is 17.4 Å². The highest BCUT2D eigenvalue weighted by Crippen LogP contribution is 2.32. The number of aromatic carboxylic acids is 1. The molecule has 0 aromatic carbocycles. The highest BCUT2D eigenvalue weighted by Gasteiger charge is 2.18. The molecule has 0 aliphatic heterocycles. The van der Waals surface area contributed by atoms with E-state index in [1.54, 1.807) is 17.5 Å². The molecule has 2 heterocycles. The molecule has 74 valence electrons. The van der Waals surface area contributed by atoms with Gasteiger partial charge in [-0.05, 0) is 11.4 Å². The summed E-state index contributed by atoms with van der Waals surface area (Å²) in [4.78, 5) is 14.3. The van der Waals surface area contributed by atoms with Gasteiger partial charge in [0.05, 0.1) is 4.70 Å². The Morgan fingerprint density at radius 2 is 2.33 bits per heavy atom. The van der Waals surface area contributed by atoms with Gasteiger partial charge in [0.1, 0.15) is 6.07 Å². The molecule has 0 bridgehead atoms. The van der Waals surface area contributed by atoms with Crippen LogP contribution in [0, 0.1) is 11.3 Å². The Balaban J connectivity index is 2.92. The number of fused-ring (bicyclic) bond motifs is 1. The lowest BCUT2D eigenvalue weighted by Crippen LogP contribution is -2.02. The molecule has 6 heteroatoms. The SMILES string of the molecule is N#Cc1nc(C(=O)O)c(O)c2ccsc12. The maximum Gasteiger partial charge on any atom is 0.358 e. The Morgan fingerprint density at radius 3 is 2.93 bits per heavy atom. The molecule has 0 aliphatic carbocycles. The maximum absolute atomic E-state index is 10.7. The Bertz CT molecular complexity index is 597. The van der Waals surface area contributed by atoms with E-state index in [9.17, 15) is 9.90 Å². The van der Waals surface area contributed by atoms with Gasteiger partial charge in [-0.25, -0.2) is 9.78 Å². The van der Waals surface area contributed by atoms with Gasteiger partial charge in [-0.3, -0.25) is 0 Å². The minimum Gasteiger partial charge on any atom is -0.505 e. The number of carbonyl (C=O) groups is 1. The van der Waals surface area contributed by atoms with Gasteiger partial charge < -0.3 is 10.2 Å². The average molecular weight is 220 g/mol. The van der Waals surface area contributed by atoms with Crippen LogP contribution in [0.15, 0.2) is 11.4 Å². The molecule has 0 unspecified atom stereocenters. The number of carboxylic acids is 1. The first-order valence-electron chi connectivity index (χ1n) is 3.88. The van der Waals surface area contributed by atoms with Crippen molar-refractivity contribution in [2.24, 2.45) is 0 Å². The Morgan fingerprint density at radius 1 is 1.60 bits per heavy atom. The second-order valence-corrected chi connectivity index (χ2v) is 3.65. The van der Waals surface area contributed by atoms with E-state index in [4.69, 9.17) is 10.4 Å². The molecule has 0 saturated carbocycles. The minimum atomic E-state index is -1.35. The summed E-state index contributed by atoms with van der Waals surface area (Å²) in [6.07, 6.45) is 0. The molecule has 0 saturated heterocycles. The third-order valence-corrected chi connectivity index (χ3v) is 2.81. The van der Waals surface area contributed by atoms with Crippen molar-refractivity contribution in [1.82, 2.24) is 4.98 Å². The summed E-state index contributed by atoms with van der Waals surface area (Å²) in [7, 11) is 0. The normalized spacial score (nSPS) is 10.1. The van der Waals surface area contributed by atoms with Crippen LogP contribution in [-0.4, -0.2) is 21.2 Å². The molecule has 0 amide bonds. The second-order valence-electron chi connectivity index (χ2n) is 2.74. The number of carboxylic acid groups (broad SMARTS) is 1. The number of aromatic nitrogens is 1. The largest absolute Gasteiger partial charge is 0.505 e. The first-order valence-corrected chi connectivity index (χ1v) is 4.76. The monoisotopic (exact) mass is 220 g/mol. The third kappa shape index (κ3) is 1.30. The van der Waals surface area contributed by atoms with E-state index in [1.807, 2.05) is 0 Å². The van der Waals surface area contributed by atoms with Crippen molar-refractivity contribution in [2.75, 3.05) is 0 Å². The average Bonchev–Trinajstić information content (AvgIpc) is 2.67. The predicted octanol–water partition coefficient (Wildman–Crippen LogP) is 1.57. The minimum absolute atomic E-state index is 0.0233. The van der Waals surface area contributed by atoms with Gasteiger partial charge in [0, 0.05) is 5.39 Å². The topological polar surface area (TPSA) is 94.2 Å². The number of rotatable bonds is 1. The first kappa shape index (κ1) is 9.43. The van der Waals surface area contributed by atoms with E-state index in [0.29, 0.717) is 10.1 Å². The zero-order chi connectivity index (χ0) is 11.0. The van der Waals surface area contributed by atoms with Gasteiger partial charge >= 0.3 is 5.97 Å². The standard InChI is InChI=1S/C9H4N2O3S/c10-3-5-8-4(1-2-15-8)7(12)6(11-5)9(13)14/h1-2,12H,(H,13,14). The lowest BCUT2D eigenvalue weighted by Gasteiger charge is -2.01. The number of hydrogen-bond acceptors (Lipinski definition) is 5. The molecule has 2 N–H and O–H groups in total. The number of pyridine rings is 1. The Labute approximate surface area is 87.8 Å². The van der Waals surface area contributed by atoms with E-state index >= 15 is 0 Å². The highest BCUT2D eigenvalue weighted by molar-refractivity contribution is 7.17. The Hall–Kier alpha value is -2.13. The number of thiophene rings is 1. The molecule has 2 rings (SSSR count). The number of hydrogen-bond donors (Lipinski definition) is 2. The van der Waals surface area contributed by atoms with E-state index in [0.717, 1.165) is 0 Å². The van der Waals surface area contributed by atoms with Crippen molar-refractivity contribution in [1.29, 1.82) is 5.26 Å². The van der Waals surface area contributed by atoms with Gasteiger partial charge in [-0.15, -0.1) is 11.3 Å². The van der Waals surface area contributed by atoms with Crippen molar-refractivity contribution in [3.8, 4) is 11.8 Å². The fourth-order valence-corrected chi connectivity index (χ4v) is 2.08. The molecular weight excluding hydrogens is 216 g/mol. The summed E-state index contributed by atoms with van der Waals surface area (Å²) in [5.41, 5.74) is -0.465. The fourth-order valence-electron chi connectivity index (χ4n) is 1.25. The number of aromatic hydroxyl groups is 1. The van der Waals surface area contributed by atoms with E-state index in [-0.39, 0.29) is 5.69 Å². The van der Waals surface area contributed by atoms with Crippen molar-refractivity contribution in [3.63, 3.8) is 0 Å². The van der Waals surface area contributed by atoms with Crippen molar-refractivity contribution < 1.29 is 15.0 Å². The molecule has 15 heavy (non-hydrogen) atoms. The summed E-state index contributed by atoms with van der Waals surface area (Å²) >= 11 is 1.24. The van der Waals surface area contributed by atoms with Gasteiger partial charge in [0.2, 0.25) is 0 Å². The summed E-state index contributed by atoms with van der Waals surface area (Å²) < 4.78 is 0.500. The summed E-state index contributed by atoms with van der Waals surface area (Å²) in [5.74, 6) is -1.74. The fraction of sp³-hybridized carbons (Fsp3) is 0. The van der Waals surface area contributed by atoms with Crippen LogP contribution in [0.4, 0.5) is 0 Å². The van der Waals surface area contributed by atoms with Crippen LogP contribution >= 0.6 is 11.3 Å². The zero-order valence-corrected chi connectivity index (χ0v) is 8.08. The smallest absolute Gasteiger partial charge is 0.358 e. The predicted molar refractivity (Wildman–Crippen MR) is 53.0 cm³/mol. The quantitative estimate of drug-likeness (QED) is 0.760. The van der Waals surface area contributed by atoms with Crippen LogP contribution in [0.25, 0.3) is 10.1 Å². The molecule has 0 radical (unpaired) electrons. The second kappa shape index (κ2) is 3.22. The van der Waals surface area contributed by atoms with Gasteiger partial charge in [-0.1, -0.05) is 0 Å². The summed E-state index contributed by atoms with van der Waals surface area (Å²) in [6.45, 7) is 0. The van der Waals surface area contributed by atoms with Crippen molar-refractivity contribution >= 4 is 27.4 Å². The molecule has 0 fully saturated rings. The van der Waals surface area contributed by atoms with Crippen molar-refractivity contribution in [3.05, 3.63) is 22.8 Å². The summed E-state index contributed by atoms with van der Waals surface area (Å²) in [5, 5.41) is 29.1. The molecular formula is C9H4N2O3S. The molecule has 5 nitrogen and oxygen atoms in total. The lowest BCUT2D eigenvalue weighted by atomic mass is 10.2. The summed E-state index contributed by atoms with van der Waals surface area (Å²) in [6, 6.07) is 3.36. The number of nitriles is 1. The lowest BCUT2D eigenvalue weighted by molar-refractivity contribution is 0.0687. The van der Waals surface area contributed by atoms with E-state index in [1.165, 1.54) is 11.3 Å². The van der Waals surface area contributed by atoms with Gasteiger partial charge in [-0.2, -0.15) is 5.26 Å². The molecule has 0 spiro atoms. The van der Waals surface area contributed by atoms with Crippen LogP contribution in [0.1, 0.15) is 16.2 Å².